The maximum absolute atomic E-state index is 10.7. The third kappa shape index (κ3) is 2.20. The monoisotopic (exact) mass is 320 g/mol. The van der Waals surface area contributed by atoms with E-state index in [0.717, 1.165) is 24.2 Å². The summed E-state index contributed by atoms with van der Waals surface area (Å²) in [4.78, 5) is 0. The molecule has 23 heavy (non-hydrogen) atoms. The van der Waals surface area contributed by atoms with Crippen molar-refractivity contribution < 1.29 is 10.2 Å². The summed E-state index contributed by atoms with van der Waals surface area (Å²) in [5, 5.41) is 21.0. The average Bonchev–Trinajstić information content (AvgIpc) is 2.77. The van der Waals surface area contributed by atoms with Crippen molar-refractivity contribution in [3.8, 4) is 0 Å². The Kier molecular flexibility index (Phi) is 3.89. The molecule has 0 amide bonds. The highest BCUT2D eigenvalue weighted by atomic mass is 16.3. The van der Waals surface area contributed by atoms with Crippen LogP contribution in [-0.4, -0.2) is 22.4 Å². The molecule has 0 aromatic rings. The first-order valence-corrected chi connectivity index (χ1v) is 10.2. The molecule has 4 rings (SSSR count). The van der Waals surface area contributed by atoms with Crippen molar-refractivity contribution in [2.45, 2.75) is 90.8 Å². The van der Waals surface area contributed by atoms with Gasteiger partial charge in [-0.3, -0.25) is 0 Å². The molecule has 0 aromatic heterocycles. The molecule has 132 valence electrons. The second-order valence-electron chi connectivity index (χ2n) is 10.0. The summed E-state index contributed by atoms with van der Waals surface area (Å²) in [6, 6.07) is 0. The van der Waals surface area contributed by atoms with Crippen molar-refractivity contribution in [3.63, 3.8) is 0 Å². The molecule has 0 aromatic carbocycles. The highest BCUT2D eigenvalue weighted by Crippen LogP contribution is 2.67. The fourth-order valence-corrected chi connectivity index (χ4v) is 8.22. The van der Waals surface area contributed by atoms with Gasteiger partial charge in [0.1, 0.15) is 0 Å². The Hall–Kier alpha value is -0.0800. The van der Waals surface area contributed by atoms with E-state index >= 15 is 0 Å². The lowest BCUT2D eigenvalue weighted by molar-refractivity contribution is -0.120. The maximum atomic E-state index is 10.7. The van der Waals surface area contributed by atoms with Crippen LogP contribution < -0.4 is 0 Å². The summed E-state index contributed by atoms with van der Waals surface area (Å²) >= 11 is 0. The lowest BCUT2D eigenvalue weighted by Crippen LogP contribution is -2.53. The van der Waals surface area contributed by atoms with Crippen LogP contribution in [-0.2, 0) is 0 Å². The lowest BCUT2D eigenvalue weighted by atomic mass is 9.45. The summed E-state index contributed by atoms with van der Waals surface area (Å²) in [6.45, 7) is 6.89. The van der Waals surface area contributed by atoms with Gasteiger partial charge in [0.25, 0.3) is 0 Å². The summed E-state index contributed by atoms with van der Waals surface area (Å²) in [5.74, 6) is 3.35. The van der Waals surface area contributed by atoms with E-state index in [-0.39, 0.29) is 23.5 Å². The highest BCUT2D eigenvalue weighted by Gasteiger charge is 2.62. The van der Waals surface area contributed by atoms with E-state index in [9.17, 15) is 10.2 Å². The molecule has 2 N–H and O–H groups in total. The summed E-state index contributed by atoms with van der Waals surface area (Å²) < 4.78 is 0. The Morgan fingerprint density at radius 1 is 0.913 bits per heavy atom. The standard InChI is InChI=1S/C21H36O2/c1-13(22)19-18(23)12-17-15-8-7-14-6-4-5-10-20(14,2)16(15)9-11-21(17,19)3/h13-19,22-23H,4-12H2,1-3H3/t13-,14+,15+,16-,17+,18+,19+,20-,21-/m0/s1. The number of aliphatic hydroxyl groups excluding tert-OH is 2. The zero-order valence-electron chi connectivity index (χ0n) is 15.3. The quantitative estimate of drug-likeness (QED) is 0.752. The topological polar surface area (TPSA) is 40.5 Å². The van der Waals surface area contributed by atoms with Crippen LogP contribution in [0.5, 0.6) is 0 Å². The van der Waals surface area contributed by atoms with Gasteiger partial charge >= 0.3 is 0 Å². The molecular formula is C21H36O2. The van der Waals surface area contributed by atoms with E-state index in [1.807, 2.05) is 6.92 Å². The molecule has 2 heteroatoms. The molecule has 0 aliphatic heterocycles. The zero-order valence-corrected chi connectivity index (χ0v) is 15.3. The molecule has 0 radical (unpaired) electrons. The number of hydrogen-bond donors (Lipinski definition) is 2. The van der Waals surface area contributed by atoms with E-state index in [1.165, 1.54) is 51.4 Å². The summed E-state index contributed by atoms with van der Waals surface area (Å²) in [5.41, 5.74) is 0.725. The van der Waals surface area contributed by atoms with E-state index in [0.29, 0.717) is 11.3 Å². The highest BCUT2D eigenvalue weighted by molar-refractivity contribution is 5.11. The second kappa shape index (κ2) is 5.46. The van der Waals surface area contributed by atoms with Gasteiger partial charge in [-0.05, 0) is 86.4 Å². The minimum atomic E-state index is -0.377. The molecule has 0 unspecified atom stereocenters. The van der Waals surface area contributed by atoms with Gasteiger partial charge in [-0.1, -0.05) is 26.7 Å². The Bertz CT molecular complexity index is 461. The van der Waals surface area contributed by atoms with Gasteiger partial charge in [0.15, 0.2) is 0 Å². The van der Waals surface area contributed by atoms with Crippen molar-refractivity contribution in [3.05, 3.63) is 0 Å². The number of hydrogen-bond acceptors (Lipinski definition) is 2. The molecule has 0 spiro atoms. The lowest BCUT2D eigenvalue weighted by Gasteiger charge is -2.60. The fraction of sp³-hybridized carbons (Fsp3) is 1.00. The first-order valence-electron chi connectivity index (χ1n) is 10.2. The third-order valence-corrected chi connectivity index (χ3v) is 9.21. The summed E-state index contributed by atoms with van der Waals surface area (Å²) in [7, 11) is 0. The Balaban J connectivity index is 1.64. The molecule has 0 bridgehead atoms. The Labute approximate surface area is 142 Å². The Morgan fingerprint density at radius 3 is 2.43 bits per heavy atom. The van der Waals surface area contributed by atoms with Gasteiger partial charge in [-0.15, -0.1) is 0 Å². The smallest absolute Gasteiger partial charge is 0.0601 e. The zero-order chi connectivity index (χ0) is 16.4. The first-order chi connectivity index (χ1) is 10.9. The predicted molar refractivity (Wildman–Crippen MR) is 92.9 cm³/mol. The van der Waals surface area contributed by atoms with Crippen LogP contribution in [0, 0.1) is 40.4 Å². The SMILES string of the molecule is C[C@H](O)[C@@H]1[C@H](O)C[C@@H]2[C@@H]3CC[C@H]4CCCC[C@]4(C)[C@H]3CC[C@]12C. The van der Waals surface area contributed by atoms with E-state index in [4.69, 9.17) is 0 Å². The minimum absolute atomic E-state index is 0.0883. The molecule has 0 heterocycles. The number of aliphatic hydroxyl groups is 2. The van der Waals surface area contributed by atoms with Crippen LogP contribution in [0.3, 0.4) is 0 Å². The first kappa shape index (κ1) is 16.4. The average molecular weight is 321 g/mol. The Morgan fingerprint density at radius 2 is 1.70 bits per heavy atom. The van der Waals surface area contributed by atoms with Gasteiger partial charge in [-0.25, -0.2) is 0 Å². The van der Waals surface area contributed by atoms with Crippen LogP contribution in [0.1, 0.15) is 78.6 Å². The molecule has 9 atom stereocenters. The van der Waals surface area contributed by atoms with Gasteiger partial charge in [0.05, 0.1) is 12.2 Å². The normalized spacial score (nSPS) is 57.3. The number of rotatable bonds is 1. The molecule has 0 saturated heterocycles. The third-order valence-electron chi connectivity index (χ3n) is 9.21. The summed E-state index contributed by atoms with van der Waals surface area (Å²) in [6.07, 6.45) is 11.4. The molecule has 4 fully saturated rings. The molecule has 4 saturated carbocycles. The van der Waals surface area contributed by atoms with Gasteiger partial charge in [-0.2, -0.15) is 0 Å². The van der Waals surface area contributed by atoms with Crippen molar-refractivity contribution in [2.75, 3.05) is 0 Å². The molecule has 4 aliphatic carbocycles. The van der Waals surface area contributed by atoms with Gasteiger partial charge in [0.2, 0.25) is 0 Å². The van der Waals surface area contributed by atoms with Crippen LogP contribution in [0.25, 0.3) is 0 Å². The fourth-order valence-electron chi connectivity index (χ4n) is 8.22. The van der Waals surface area contributed by atoms with E-state index < -0.39 is 0 Å². The number of fused-ring (bicyclic) bond motifs is 5. The van der Waals surface area contributed by atoms with Crippen LogP contribution in [0.4, 0.5) is 0 Å². The molecular weight excluding hydrogens is 284 g/mol. The largest absolute Gasteiger partial charge is 0.393 e. The molecule has 2 nitrogen and oxygen atoms in total. The molecule has 4 aliphatic rings. The second-order valence-corrected chi connectivity index (χ2v) is 10.0. The minimum Gasteiger partial charge on any atom is -0.393 e. The van der Waals surface area contributed by atoms with Crippen LogP contribution in [0.2, 0.25) is 0 Å². The van der Waals surface area contributed by atoms with Crippen LogP contribution >= 0.6 is 0 Å². The van der Waals surface area contributed by atoms with Crippen molar-refractivity contribution in [1.82, 2.24) is 0 Å². The van der Waals surface area contributed by atoms with Crippen molar-refractivity contribution in [1.29, 1.82) is 0 Å². The van der Waals surface area contributed by atoms with E-state index in [1.54, 1.807) is 0 Å². The maximum Gasteiger partial charge on any atom is 0.0601 e. The van der Waals surface area contributed by atoms with E-state index in [2.05, 4.69) is 13.8 Å². The predicted octanol–water partition coefficient (Wildman–Crippen LogP) is 4.39. The van der Waals surface area contributed by atoms with Crippen LogP contribution in [0.15, 0.2) is 0 Å². The van der Waals surface area contributed by atoms with Gasteiger partial charge in [0, 0.05) is 5.92 Å². The van der Waals surface area contributed by atoms with Gasteiger partial charge < -0.3 is 10.2 Å². The van der Waals surface area contributed by atoms with Crippen molar-refractivity contribution in [2.24, 2.45) is 40.4 Å². The van der Waals surface area contributed by atoms with Crippen molar-refractivity contribution >= 4 is 0 Å².